The van der Waals surface area contributed by atoms with Crippen molar-refractivity contribution in [2.24, 2.45) is 5.92 Å². The zero-order chi connectivity index (χ0) is 23.0. The number of esters is 1. The average molecular weight is 453 g/mol. The number of halogens is 1. The molecule has 31 heavy (non-hydrogen) atoms. The number of nitrogens with one attached hydrogen (secondary N) is 2. The first-order valence-corrected chi connectivity index (χ1v) is 10.7. The lowest BCUT2D eigenvalue weighted by atomic mass is 9.68. The molecule has 2 N–H and O–H groups in total. The zero-order valence-electron chi connectivity index (χ0n) is 18.0. The van der Waals surface area contributed by atoms with Gasteiger partial charge in [-0.3, -0.25) is 9.59 Å². The number of rotatable bonds is 8. The van der Waals surface area contributed by atoms with E-state index in [-0.39, 0.29) is 24.2 Å². The van der Waals surface area contributed by atoms with E-state index in [4.69, 9.17) is 21.1 Å². The molecule has 0 spiro atoms. The minimum Gasteiger partial charge on any atom is -0.426 e. The maximum absolute atomic E-state index is 12.9. The van der Waals surface area contributed by atoms with Crippen molar-refractivity contribution in [2.75, 3.05) is 13.3 Å². The summed E-state index contributed by atoms with van der Waals surface area (Å²) in [7, 11) is 0. The van der Waals surface area contributed by atoms with E-state index in [1.54, 1.807) is 32.0 Å². The number of carbonyl (C=O) groups is 4. The molecule has 170 valence electrons. The molecule has 1 fully saturated rings. The summed E-state index contributed by atoms with van der Waals surface area (Å²) in [6.07, 6.45) is 1.80. The summed E-state index contributed by atoms with van der Waals surface area (Å²) in [5.41, 5.74) is -0.233. The minimum atomic E-state index is -0.916. The fourth-order valence-electron chi connectivity index (χ4n) is 3.73. The molecular weight excluding hydrogens is 424 g/mol. The SMILES string of the molecule is CC(=O)NC(C(=O)OCOC(=O)NCC1(c2ccccc2Cl)CCCCC1=O)C(C)C. The molecule has 2 rings (SSSR count). The van der Waals surface area contributed by atoms with Gasteiger partial charge in [-0.15, -0.1) is 0 Å². The van der Waals surface area contributed by atoms with E-state index in [0.717, 1.165) is 12.8 Å². The first-order valence-electron chi connectivity index (χ1n) is 10.3. The van der Waals surface area contributed by atoms with E-state index in [2.05, 4.69) is 10.6 Å². The standard InChI is InChI=1S/C22H29ClN2O6/c1-14(2)19(25-15(3)26)20(28)30-13-31-21(29)24-12-22(11-7-6-10-18(22)27)16-8-4-5-9-17(16)23/h4-5,8-9,14,19H,6-7,10-13H2,1-3H3,(H,24,29)(H,25,26). The van der Waals surface area contributed by atoms with Gasteiger partial charge in [-0.25, -0.2) is 9.59 Å². The third-order valence-corrected chi connectivity index (χ3v) is 5.72. The number of Topliss-reactive ketones (excluding diaryl/α,β-unsaturated/α-hetero) is 1. The Balaban J connectivity index is 1.95. The molecule has 0 aliphatic heterocycles. The van der Waals surface area contributed by atoms with Gasteiger partial charge >= 0.3 is 12.1 Å². The van der Waals surface area contributed by atoms with Crippen molar-refractivity contribution in [3.05, 3.63) is 34.9 Å². The number of alkyl carbamates (subject to hydrolysis) is 1. The van der Waals surface area contributed by atoms with Crippen LogP contribution < -0.4 is 10.6 Å². The maximum Gasteiger partial charge on any atom is 0.410 e. The Hall–Kier alpha value is -2.61. The number of hydrogen-bond donors (Lipinski definition) is 2. The van der Waals surface area contributed by atoms with Gasteiger partial charge in [0.1, 0.15) is 11.8 Å². The van der Waals surface area contributed by atoms with E-state index in [0.29, 0.717) is 23.4 Å². The summed E-state index contributed by atoms with van der Waals surface area (Å²) in [4.78, 5) is 48.4. The lowest BCUT2D eigenvalue weighted by Gasteiger charge is -2.36. The van der Waals surface area contributed by atoms with Crippen LogP contribution in [0.4, 0.5) is 4.79 Å². The van der Waals surface area contributed by atoms with Gasteiger partial charge in [-0.2, -0.15) is 0 Å². The van der Waals surface area contributed by atoms with Crippen LogP contribution in [0.15, 0.2) is 24.3 Å². The van der Waals surface area contributed by atoms with Gasteiger partial charge < -0.3 is 20.1 Å². The summed E-state index contributed by atoms with van der Waals surface area (Å²) in [6.45, 7) is 4.23. The molecule has 0 saturated heterocycles. The largest absolute Gasteiger partial charge is 0.426 e. The fraction of sp³-hybridized carbons (Fsp3) is 0.545. The molecule has 1 aliphatic rings. The van der Waals surface area contributed by atoms with Gasteiger partial charge in [0.2, 0.25) is 12.7 Å². The molecule has 0 bridgehead atoms. The predicted octanol–water partition coefficient (Wildman–Crippen LogP) is 3.11. The molecule has 1 aromatic carbocycles. The first kappa shape index (κ1) is 24.7. The Morgan fingerprint density at radius 1 is 1.16 bits per heavy atom. The molecule has 0 aromatic heterocycles. The summed E-state index contributed by atoms with van der Waals surface area (Å²) >= 11 is 6.35. The second-order valence-corrected chi connectivity index (χ2v) is 8.39. The van der Waals surface area contributed by atoms with Crippen LogP contribution in [-0.2, 0) is 29.3 Å². The van der Waals surface area contributed by atoms with Crippen LogP contribution in [-0.4, -0.2) is 43.1 Å². The highest BCUT2D eigenvalue weighted by Crippen LogP contribution is 2.39. The van der Waals surface area contributed by atoms with Gasteiger partial charge in [0.15, 0.2) is 0 Å². The van der Waals surface area contributed by atoms with E-state index in [1.807, 2.05) is 6.07 Å². The predicted molar refractivity (Wildman–Crippen MR) is 114 cm³/mol. The molecule has 2 amide bonds. The molecule has 9 heteroatoms. The number of carbonyl (C=O) groups excluding carboxylic acids is 4. The Morgan fingerprint density at radius 2 is 1.87 bits per heavy atom. The molecule has 0 heterocycles. The lowest BCUT2D eigenvalue weighted by Crippen LogP contribution is -2.48. The highest BCUT2D eigenvalue weighted by molar-refractivity contribution is 6.31. The summed E-state index contributed by atoms with van der Waals surface area (Å²) in [6, 6.07) is 6.27. The van der Waals surface area contributed by atoms with Crippen molar-refractivity contribution in [3.63, 3.8) is 0 Å². The van der Waals surface area contributed by atoms with Crippen molar-refractivity contribution in [3.8, 4) is 0 Å². The minimum absolute atomic E-state index is 0.0219. The molecule has 8 nitrogen and oxygen atoms in total. The summed E-state index contributed by atoms with van der Waals surface area (Å²) in [5, 5.41) is 5.58. The van der Waals surface area contributed by atoms with E-state index in [1.165, 1.54) is 6.92 Å². The Labute approximate surface area is 187 Å². The second-order valence-electron chi connectivity index (χ2n) is 7.98. The number of amides is 2. The lowest BCUT2D eigenvalue weighted by molar-refractivity contribution is -0.156. The maximum atomic E-state index is 12.9. The number of ketones is 1. The number of benzene rings is 1. The molecule has 2 atom stereocenters. The first-order chi connectivity index (χ1) is 14.7. The molecule has 1 saturated carbocycles. The van der Waals surface area contributed by atoms with E-state index < -0.39 is 30.3 Å². The third-order valence-electron chi connectivity index (χ3n) is 5.39. The highest BCUT2D eigenvalue weighted by atomic mass is 35.5. The van der Waals surface area contributed by atoms with Crippen molar-refractivity contribution >= 4 is 35.4 Å². The monoisotopic (exact) mass is 452 g/mol. The van der Waals surface area contributed by atoms with Gasteiger partial charge in [0.05, 0.1) is 5.41 Å². The molecule has 1 aromatic rings. The van der Waals surface area contributed by atoms with Crippen LogP contribution in [0.25, 0.3) is 0 Å². The molecule has 1 aliphatic carbocycles. The van der Waals surface area contributed by atoms with Crippen LogP contribution in [0.2, 0.25) is 5.02 Å². The van der Waals surface area contributed by atoms with Crippen LogP contribution in [0.1, 0.15) is 52.0 Å². The Kier molecular flexibility index (Phi) is 8.86. The Morgan fingerprint density at radius 3 is 2.48 bits per heavy atom. The number of ether oxygens (including phenoxy) is 2. The molecular formula is C22H29ClN2O6. The topological polar surface area (TPSA) is 111 Å². The van der Waals surface area contributed by atoms with Gasteiger partial charge in [-0.1, -0.05) is 50.1 Å². The van der Waals surface area contributed by atoms with Crippen molar-refractivity contribution in [1.82, 2.24) is 10.6 Å². The van der Waals surface area contributed by atoms with Crippen LogP contribution in [0.3, 0.4) is 0 Å². The smallest absolute Gasteiger partial charge is 0.410 e. The van der Waals surface area contributed by atoms with Crippen molar-refractivity contribution in [1.29, 1.82) is 0 Å². The van der Waals surface area contributed by atoms with E-state index in [9.17, 15) is 19.2 Å². The normalized spacial score (nSPS) is 19.5. The summed E-state index contributed by atoms with van der Waals surface area (Å²) in [5.74, 6) is -1.24. The average Bonchev–Trinajstić information content (AvgIpc) is 2.71. The van der Waals surface area contributed by atoms with Gasteiger partial charge in [-0.05, 0) is 30.4 Å². The molecule has 0 radical (unpaired) electrons. The summed E-state index contributed by atoms with van der Waals surface area (Å²) < 4.78 is 9.89. The third kappa shape index (κ3) is 6.43. The van der Waals surface area contributed by atoms with Crippen LogP contribution >= 0.6 is 11.6 Å². The van der Waals surface area contributed by atoms with Crippen LogP contribution in [0.5, 0.6) is 0 Å². The van der Waals surface area contributed by atoms with Crippen LogP contribution in [0, 0.1) is 5.92 Å². The zero-order valence-corrected chi connectivity index (χ0v) is 18.8. The quantitative estimate of drug-likeness (QED) is 0.463. The highest BCUT2D eigenvalue weighted by Gasteiger charge is 2.43. The van der Waals surface area contributed by atoms with Gasteiger partial charge in [0.25, 0.3) is 0 Å². The number of hydrogen-bond acceptors (Lipinski definition) is 6. The second kappa shape index (κ2) is 11.1. The van der Waals surface area contributed by atoms with Crippen molar-refractivity contribution in [2.45, 2.75) is 57.9 Å². The van der Waals surface area contributed by atoms with Crippen molar-refractivity contribution < 1.29 is 28.7 Å². The fourth-order valence-corrected chi connectivity index (χ4v) is 4.05. The van der Waals surface area contributed by atoms with E-state index >= 15 is 0 Å². The molecule has 2 unspecified atom stereocenters. The van der Waals surface area contributed by atoms with Gasteiger partial charge in [0, 0.05) is 24.9 Å². The Bertz CT molecular complexity index is 828.